The standard InChI is InChI=1S/C26H35Cl2N3O4S/c1-5-6-14-29-26(33)20(3)30(18-21-12-13-23(27)24(28)17-21)25(32)11-8-15-31(36(4,34)35)22-10-7-9-19(2)16-22/h7,9-10,12-13,16-17,20H,5-6,8,11,14-15,18H2,1-4H3,(H,29,33). The first kappa shape index (κ1) is 29.9. The Bertz CT molecular complexity index is 1160. The molecule has 7 nitrogen and oxygen atoms in total. The molecule has 2 rings (SSSR count). The van der Waals surface area contributed by atoms with E-state index < -0.39 is 16.1 Å². The molecule has 0 aliphatic rings. The molecule has 1 N–H and O–H groups in total. The highest BCUT2D eigenvalue weighted by Gasteiger charge is 2.26. The van der Waals surface area contributed by atoms with Gasteiger partial charge in [-0.2, -0.15) is 0 Å². The first-order chi connectivity index (χ1) is 16.9. The van der Waals surface area contributed by atoms with Crippen molar-refractivity contribution in [2.75, 3.05) is 23.7 Å². The van der Waals surface area contributed by atoms with E-state index in [2.05, 4.69) is 5.32 Å². The molecule has 0 fully saturated rings. The number of carbonyl (C=O) groups is 2. The van der Waals surface area contributed by atoms with Gasteiger partial charge in [0.05, 0.1) is 22.0 Å². The van der Waals surface area contributed by atoms with Gasteiger partial charge in [-0.05, 0) is 62.1 Å². The predicted molar refractivity (Wildman–Crippen MR) is 147 cm³/mol. The minimum Gasteiger partial charge on any atom is -0.354 e. The normalized spacial score (nSPS) is 12.2. The van der Waals surface area contributed by atoms with Gasteiger partial charge in [0.15, 0.2) is 0 Å². The molecular weight excluding hydrogens is 521 g/mol. The van der Waals surface area contributed by atoms with Crippen LogP contribution < -0.4 is 9.62 Å². The summed E-state index contributed by atoms with van der Waals surface area (Å²) in [5, 5.41) is 3.65. The fraction of sp³-hybridized carbons (Fsp3) is 0.462. The van der Waals surface area contributed by atoms with E-state index >= 15 is 0 Å². The second kappa shape index (κ2) is 13.9. The minimum absolute atomic E-state index is 0.0751. The molecule has 2 aromatic rings. The number of sulfonamides is 1. The Morgan fingerprint density at radius 2 is 1.78 bits per heavy atom. The molecule has 1 unspecified atom stereocenters. The molecule has 1 atom stereocenters. The molecule has 0 aliphatic heterocycles. The zero-order chi connectivity index (χ0) is 26.9. The van der Waals surface area contributed by atoms with Crippen molar-refractivity contribution >= 4 is 50.7 Å². The van der Waals surface area contributed by atoms with Gasteiger partial charge in [-0.3, -0.25) is 13.9 Å². The van der Waals surface area contributed by atoms with Gasteiger partial charge in [-0.1, -0.05) is 54.7 Å². The van der Waals surface area contributed by atoms with Crippen molar-refractivity contribution in [2.24, 2.45) is 0 Å². The van der Waals surface area contributed by atoms with Gasteiger partial charge < -0.3 is 10.2 Å². The summed E-state index contributed by atoms with van der Waals surface area (Å²) in [7, 11) is -3.54. The number of nitrogens with one attached hydrogen (secondary N) is 1. The van der Waals surface area contributed by atoms with E-state index in [4.69, 9.17) is 23.2 Å². The van der Waals surface area contributed by atoms with Crippen molar-refractivity contribution in [3.8, 4) is 0 Å². The summed E-state index contributed by atoms with van der Waals surface area (Å²) >= 11 is 12.2. The lowest BCUT2D eigenvalue weighted by molar-refractivity contribution is -0.140. The highest BCUT2D eigenvalue weighted by molar-refractivity contribution is 7.92. The van der Waals surface area contributed by atoms with Crippen LogP contribution in [0.5, 0.6) is 0 Å². The fourth-order valence-corrected chi connectivity index (χ4v) is 5.02. The van der Waals surface area contributed by atoms with Crippen molar-refractivity contribution in [3.63, 3.8) is 0 Å². The van der Waals surface area contributed by atoms with Crippen molar-refractivity contribution in [1.82, 2.24) is 10.2 Å². The summed E-state index contributed by atoms with van der Waals surface area (Å²) in [6, 6.07) is 11.6. The van der Waals surface area contributed by atoms with Crippen LogP contribution in [0.1, 0.15) is 50.7 Å². The monoisotopic (exact) mass is 555 g/mol. The lowest BCUT2D eigenvalue weighted by atomic mass is 10.1. The van der Waals surface area contributed by atoms with Crippen LogP contribution in [-0.2, 0) is 26.2 Å². The van der Waals surface area contributed by atoms with Crippen LogP contribution in [0.15, 0.2) is 42.5 Å². The second-order valence-corrected chi connectivity index (χ2v) is 11.6. The molecule has 0 saturated carbocycles. The number of hydrogen-bond donors (Lipinski definition) is 1. The van der Waals surface area contributed by atoms with Crippen molar-refractivity contribution in [1.29, 1.82) is 0 Å². The topological polar surface area (TPSA) is 86.8 Å². The molecule has 198 valence electrons. The fourth-order valence-electron chi connectivity index (χ4n) is 3.74. The van der Waals surface area contributed by atoms with Gasteiger partial charge in [-0.25, -0.2) is 8.42 Å². The Balaban J connectivity index is 2.17. The molecule has 0 aliphatic carbocycles. The van der Waals surface area contributed by atoms with Crippen LogP contribution in [-0.4, -0.2) is 50.5 Å². The van der Waals surface area contributed by atoms with E-state index in [0.29, 0.717) is 28.7 Å². The van der Waals surface area contributed by atoms with Crippen LogP contribution in [0.4, 0.5) is 5.69 Å². The molecule has 10 heteroatoms. The number of hydrogen-bond acceptors (Lipinski definition) is 4. The van der Waals surface area contributed by atoms with E-state index in [1.165, 1.54) is 9.21 Å². The van der Waals surface area contributed by atoms with E-state index in [-0.39, 0.29) is 31.3 Å². The van der Waals surface area contributed by atoms with Gasteiger partial charge in [0.25, 0.3) is 0 Å². The summed E-state index contributed by atoms with van der Waals surface area (Å²) in [5.74, 6) is -0.494. The average Bonchev–Trinajstić information content (AvgIpc) is 2.81. The number of aryl methyl sites for hydroxylation is 1. The first-order valence-corrected chi connectivity index (χ1v) is 14.6. The molecule has 0 heterocycles. The van der Waals surface area contributed by atoms with E-state index in [0.717, 1.165) is 30.2 Å². The zero-order valence-electron chi connectivity index (χ0n) is 21.3. The van der Waals surface area contributed by atoms with E-state index in [9.17, 15) is 18.0 Å². The van der Waals surface area contributed by atoms with Crippen LogP contribution in [0.25, 0.3) is 0 Å². The number of unbranched alkanes of at least 4 members (excludes halogenated alkanes) is 1. The maximum Gasteiger partial charge on any atom is 0.242 e. The Morgan fingerprint density at radius 1 is 1.06 bits per heavy atom. The number of amides is 2. The van der Waals surface area contributed by atoms with Gasteiger partial charge in [0.1, 0.15) is 6.04 Å². The van der Waals surface area contributed by atoms with Gasteiger partial charge >= 0.3 is 0 Å². The van der Waals surface area contributed by atoms with Crippen LogP contribution >= 0.6 is 23.2 Å². The number of halogens is 2. The third-order valence-corrected chi connectivity index (χ3v) is 7.71. The number of carbonyl (C=O) groups excluding carboxylic acids is 2. The van der Waals surface area contributed by atoms with E-state index in [1.54, 1.807) is 43.3 Å². The lowest BCUT2D eigenvalue weighted by Crippen LogP contribution is -2.48. The Labute approximate surface area is 224 Å². The summed E-state index contributed by atoms with van der Waals surface area (Å²) in [5.41, 5.74) is 2.23. The summed E-state index contributed by atoms with van der Waals surface area (Å²) < 4.78 is 26.2. The maximum absolute atomic E-state index is 13.3. The van der Waals surface area contributed by atoms with Crippen LogP contribution in [0.3, 0.4) is 0 Å². The number of anilines is 1. The zero-order valence-corrected chi connectivity index (χ0v) is 23.6. The Morgan fingerprint density at radius 3 is 2.39 bits per heavy atom. The third kappa shape index (κ3) is 8.98. The molecule has 0 bridgehead atoms. The summed E-state index contributed by atoms with van der Waals surface area (Å²) in [4.78, 5) is 27.6. The van der Waals surface area contributed by atoms with Gasteiger partial charge in [0, 0.05) is 26.1 Å². The molecule has 2 aromatic carbocycles. The van der Waals surface area contributed by atoms with Crippen LogP contribution in [0.2, 0.25) is 10.0 Å². The van der Waals surface area contributed by atoms with Crippen molar-refractivity contribution in [3.05, 3.63) is 63.6 Å². The van der Waals surface area contributed by atoms with Gasteiger partial charge in [-0.15, -0.1) is 0 Å². The largest absolute Gasteiger partial charge is 0.354 e. The Kier molecular flexibility index (Phi) is 11.5. The number of nitrogens with zero attached hydrogens (tertiary/aromatic N) is 2. The summed E-state index contributed by atoms with van der Waals surface area (Å²) in [6.45, 7) is 6.46. The molecule has 0 saturated heterocycles. The molecule has 0 spiro atoms. The number of benzene rings is 2. The quantitative estimate of drug-likeness (QED) is 0.345. The van der Waals surface area contributed by atoms with Crippen molar-refractivity contribution in [2.45, 2.75) is 59.0 Å². The highest BCUT2D eigenvalue weighted by atomic mass is 35.5. The van der Waals surface area contributed by atoms with Crippen LogP contribution in [0, 0.1) is 6.92 Å². The molecule has 2 amide bonds. The molecule has 0 aromatic heterocycles. The lowest BCUT2D eigenvalue weighted by Gasteiger charge is -2.29. The highest BCUT2D eigenvalue weighted by Crippen LogP contribution is 2.24. The number of rotatable bonds is 13. The first-order valence-electron chi connectivity index (χ1n) is 12.0. The van der Waals surface area contributed by atoms with E-state index in [1.807, 2.05) is 19.9 Å². The average molecular weight is 557 g/mol. The Hall–Kier alpha value is -2.29. The smallest absolute Gasteiger partial charge is 0.242 e. The molecular formula is C26H35Cl2N3O4S. The van der Waals surface area contributed by atoms with Crippen molar-refractivity contribution < 1.29 is 18.0 Å². The molecule has 0 radical (unpaired) electrons. The van der Waals surface area contributed by atoms with Gasteiger partial charge in [0.2, 0.25) is 21.8 Å². The minimum atomic E-state index is -3.54. The molecule has 36 heavy (non-hydrogen) atoms. The second-order valence-electron chi connectivity index (χ2n) is 8.87. The predicted octanol–water partition coefficient (Wildman–Crippen LogP) is 5.18. The summed E-state index contributed by atoms with van der Waals surface area (Å²) in [6.07, 6.45) is 3.31. The third-order valence-electron chi connectivity index (χ3n) is 5.78. The maximum atomic E-state index is 13.3. The SMILES string of the molecule is CCCCNC(=O)C(C)N(Cc1ccc(Cl)c(Cl)c1)C(=O)CCCN(c1cccc(C)c1)S(C)(=O)=O.